The summed E-state index contributed by atoms with van der Waals surface area (Å²) >= 11 is 13.6. The molecule has 2 aliphatic rings. The van der Waals surface area contributed by atoms with Crippen LogP contribution in [-0.4, -0.2) is 91.2 Å². The minimum atomic E-state index is -0.286. The van der Waals surface area contributed by atoms with Gasteiger partial charge in [-0.25, -0.2) is 4.98 Å². The lowest BCUT2D eigenvalue weighted by molar-refractivity contribution is -0.115. The average molecular weight is 676 g/mol. The number of methoxy groups -OCH3 is 3. The Morgan fingerprint density at radius 1 is 1.00 bits per heavy atom. The molecular formula is C35H36Cl2N6O4. The molecule has 47 heavy (non-hydrogen) atoms. The zero-order valence-corrected chi connectivity index (χ0v) is 28.3. The van der Waals surface area contributed by atoms with Crippen molar-refractivity contribution in [2.45, 2.75) is 6.42 Å². The maximum Gasteiger partial charge on any atom is 0.247 e. The number of rotatable bonds is 9. The van der Waals surface area contributed by atoms with Gasteiger partial charge in [0.05, 0.1) is 42.6 Å². The first kappa shape index (κ1) is 32.6. The number of hydrogen-bond acceptors (Lipinski definition) is 8. The van der Waals surface area contributed by atoms with Crippen LogP contribution in [0.1, 0.15) is 12.1 Å². The number of fused-ring (bicyclic) bond motifs is 3. The van der Waals surface area contributed by atoms with Crippen LogP contribution in [0.15, 0.2) is 78.6 Å². The highest BCUT2D eigenvalue weighted by Crippen LogP contribution is 2.47. The Hall–Kier alpha value is -4.35. The Morgan fingerprint density at radius 3 is 2.38 bits per heavy atom. The zero-order chi connectivity index (χ0) is 33.2. The number of hydrogen-bond donors (Lipinski definition) is 1. The summed E-state index contributed by atoms with van der Waals surface area (Å²) in [6.07, 6.45) is 11.2. The number of halogens is 2. The second-order valence-electron chi connectivity index (χ2n) is 11.5. The number of imidazole rings is 1. The molecule has 244 valence electrons. The highest BCUT2D eigenvalue weighted by atomic mass is 35.5. The summed E-state index contributed by atoms with van der Waals surface area (Å²) in [4.78, 5) is 26.9. The van der Waals surface area contributed by atoms with Gasteiger partial charge in [-0.15, -0.1) is 0 Å². The number of ether oxygens (including phenoxy) is 3. The van der Waals surface area contributed by atoms with Crippen molar-refractivity contribution < 1.29 is 19.0 Å². The first-order chi connectivity index (χ1) is 22.7. The summed E-state index contributed by atoms with van der Waals surface area (Å²) in [6.45, 7) is 8.17. The van der Waals surface area contributed by atoms with E-state index in [9.17, 15) is 4.79 Å². The SMILES string of the molecule is C=CC(=O)NC1=C(CN2CCN(C)CC2)C=C(OC)CC(c2cc3c(cn2)cc(-c2c(Cl)c(OC)cc(OC)c2Cl)c2nccn23)=C1. The van der Waals surface area contributed by atoms with Crippen molar-refractivity contribution >= 4 is 51.2 Å². The smallest absolute Gasteiger partial charge is 0.247 e. The normalized spacial score (nSPS) is 16.1. The summed E-state index contributed by atoms with van der Waals surface area (Å²) in [5, 5.41) is 4.58. The summed E-state index contributed by atoms with van der Waals surface area (Å²) in [5.74, 6) is 1.35. The molecule has 1 N–H and O–H groups in total. The van der Waals surface area contributed by atoms with E-state index in [-0.39, 0.29) is 5.91 Å². The molecule has 1 fully saturated rings. The third-order valence-electron chi connectivity index (χ3n) is 8.58. The highest BCUT2D eigenvalue weighted by Gasteiger charge is 2.24. The van der Waals surface area contributed by atoms with Gasteiger partial charge in [-0.3, -0.25) is 19.1 Å². The second-order valence-corrected chi connectivity index (χ2v) is 12.2. The Morgan fingerprint density at radius 2 is 1.72 bits per heavy atom. The maximum absolute atomic E-state index is 12.6. The number of piperazine rings is 1. The van der Waals surface area contributed by atoms with E-state index in [1.165, 1.54) is 6.08 Å². The maximum atomic E-state index is 12.6. The average Bonchev–Trinajstić information content (AvgIpc) is 3.52. The van der Waals surface area contributed by atoms with Crippen molar-refractivity contribution in [2.75, 3.05) is 61.1 Å². The van der Waals surface area contributed by atoms with Crippen molar-refractivity contribution in [1.29, 1.82) is 0 Å². The molecule has 0 radical (unpaired) electrons. The van der Waals surface area contributed by atoms with Crippen molar-refractivity contribution in [3.05, 3.63) is 94.4 Å². The van der Waals surface area contributed by atoms with Crippen LogP contribution < -0.4 is 14.8 Å². The molecule has 0 atom stereocenters. The molecule has 4 aromatic rings. The number of aromatic nitrogens is 3. The molecule has 0 saturated carbocycles. The molecule has 3 aromatic heterocycles. The van der Waals surface area contributed by atoms with Crippen molar-refractivity contribution in [3.8, 4) is 22.6 Å². The second kappa shape index (κ2) is 13.8. The van der Waals surface area contributed by atoms with Crippen molar-refractivity contribution in [1.82, 2.24) is 29.5 Å². The third-order valence-corrected chi connectivity index (χ3v) is 9.34. The summed E-state index contributed by atoms with van der Waals surface area (Å²) < 4.78 is 18.9. The number of benzene rings is 1. The predicted octanol–water partition coefficient (Wildman–Crippen LogP) is 5.99. The number of likely N-dealkylation sites (N-methyl/N-ethyl adjacent to an activating group) is 1. The van der Waals surface area contributed by atoms with E-state index >= 15 is 0 Å². The van der Waals surface area contributed by atoms with Crippen molar-refractivity contribution in [3.63, 3.8) is 0 Å². The van der Waals surface area contributed by atoms with Crippen LogP contribution in [0.3, 0.4) is 0 Å². The van der Waals surface area contributed by atoms with E-state index < -0.39 is 0 Å². The number of carbonyl (C=O) groups is 1. The highest BCUT2D eigenvalue weighted by molar-refractivity contribution is 6.41. The zero-order valence-electron chi connectivity index (χ0n) is 26.8. The van der Waals surface area contributed by atoms with Gasteiger partial charge in [0, 0.05) is 86.0 Å². The van der Waals surface area contributed by atoms with Gasteiger partial charge < -0.3 is 24.4 Å². The molecule has 4 heterocycles. The van der Waals surface area contributed by atoms with E-state index in [2.05, 4.69) is 33.7 Å². The minimum Gasteiger partial charge on any atom is -0.501 e. The number of carbonyl (C=O) groups excluding carboxylic acids is 1. The fraction of sp³-hybridized carbons (Fsp3) is 0.286. The Balaban J connectivity index is 1.48. The molecule has 1 aromatic carbocycles. The molecule has 1 saturated heterocycles. The van der Waals surface area contributed by atoms with Gasteiger partial charge in [0.1, 0.15) is 22.9 Å². The van der Waals surface area contributed by atoms with Gasteiger partial charge in [-0.05, 0) is 48.6 Å². The standard InChI is InChI=1S/C35H36Cl2N6O4/c1-6-31(44)40-27-16-21(13-24(45-3)14-23(27)20-42-11-9-41(2)10-12-42)26-17-28-22(19-39-26)15-25(35-38-7-8-43(28)35)32-33(36)29(46-4)18-30(47-5)34(32)37/h6-8,14-19H,1,9-13,20H2,2-5H3,(H,40,44). The molecule has 1 aliphatic heterocycles. The number of amides is 1. The Kier molecular flexibility index (Phi) is 9.56. The number of nitrogens with one attached hydrogen (secondary N) is 1. The summed E-state index contributed by atoms with van der Waals surface area (Å²) in [7, 11) is 6.88. The van der Waals surface area contributed by atoms with E-state index in [0.29, 0.717) is 57.0 Å². The van der Waals surface area contributed by atoms with Crippen molar-refractivity contribution in [2.24, 2.45) is 0 Å². The quantitative estimate of drug-likeness (QED) is 0.216. The fourth-order valence-corrected chi connectivity index (χ4v) is 6.68. The lowest BCUT2D eigenvalue weighted by atomic mass is 10.0. The molecule has 0 spiro atoms. The monoisotopic (exact) mass is 674 g/mol. The molecular weight excluding hydrogens is 639 g/mol. The van der Waals surface area contributed by atoms with E-state index in [4.69, 9.17) is 42.4 Å². The van der Waals surface area contributed by atoms with E-state index in [1.54, 1.807) is 33.6 Å². The van der Waals surface area contributed by atoms with Gasteiger partial charge in [0.25, 0.3) is 0 Å². The Labute approximate surface area is 283 Å². The van der Waals surface area contributed by atoms with Gasteiger partial charge in [0.2, 0.25) is 5.91 Å². The van der Waals surface area contributed by atoms with Gasteiger partial charge >= 0.3 is 0 Å². The lowest BCUT2D eigenvalue weighted by Gasteiger charge is -2.32. The van der Waals surface area contributed by atoms with Gasteiger partial charge in [-0.1, -0.05) is 29.8 Å². The molecule has 12 heteroatoms. The van der Waals surface area contributed by atoms with Gasteiger partial charge in [-0.2, -0.15) is 0 Å². The van der Waals surface area contributed by atoms with E-state index in [0.717, 1.165) is 59.7 Å². The van der Waals surface area contributed by atoms with Crippen LogP contribution in [0.5, 0.6) is 11.5 Å². The summed E-state index contributed by atoms with van der Waals surface area (Å²) in [6, 6.07) is 5.64. The van der Waals surface area contributed by atoms with Crippen LogP contribution >= 0.6 is 23.2 Å². The lowest BCUT2D eigenvalue weighted by Crippen LogP contribution is -2.45. The fourth-order valence-electron chi connectivity index (χ4n) is 5.98. The molecule has 1 aliphatic carbocycles. The van der Waals surface area contributed by atoms with Crippen LogP contribution in [0.25, 0.3) is 33.3 Å². The molecule has 0 bridgehead atoms. The topological polar surface area (TPSA) is 93.5 Å². The van der Waals surface area contributed by atoms with Crippen LogP contribution in [0, 0.1) is 0 Å². The first-order valence-electron chi connectivity index (χ1n) is 15.1. The van der Waals surface area contributed by atoms with Crippen LogP contribution in [-0.2, 0) is 9.53 Å². The third kappa shape index (κ3) is 6.46. The number of allylic oxidation sites excluding steroid dienone is 2. The van der Waals surface area contributed by atoms with Gasteiger partial charge in [0.15, 0.2) is 0 Å². The first-order valence-corrected chi connectivity index (χ1v) is 15.9. The molecule has 10 nitrogen and oxygen atoms in total. The van der Waals surface area contributed by atoms with Crippen LogP contribution in [0.2, 0.25) is 10.0 Å². The number of pyridine rings is 2. The van der Waals surface area contributed by atoms with Crippen LogP contribution in [0.4, 0.5) is 0 Å². The number of nitrogens with zero attached hydrogens (tertiary/aromatic N) is 5. The predicted molar refractivity (Wildman–Crippen MR) is 186 cm³/mol. The minimum absolute atomic E-state index is 0.286. The Bertz CT molecular complexity index is 1950. The summed E-state index contributed by atoms with van der Waals surface area (Å²) in [5.41, 5.74) is 6.04. The van der Waals surface area contributed by atoms with E-state index in [1.807, 2.05) is 41.1 Å². The molecule has 0 unspecified atom stereocenters. The molecule has 1 amide bonds. The largest absolute Gasteiger partial charge is 0.501 e. The molecule has 6 rings (SSSR count).